The third-order valence-electron chi connectivity index (χ3n) is 2.28. The van der Waals surface area contributed by atoms with Crippen molar-refractivity contribution in [1.82, 2.24) is 0 Å². The van der Waals surface area contributed by atoms with Gasteiger partial charge in [0.1, 0.15) is 11.6 Å². The third-order valence-corrected chi connectivity index (χ3v) is 3.01. The van der Waals surface area contributed by atoms with Gasteiger partial charge in [-0.1, -0.05) is 15.9 Å². The summed E-state index contributed by atoms with van der Waals surface area (Å²) >= 11 is 8.35. The average molecular weight is 343 g/mol. The molecule has 0 aliphatic carbocycles. The van der Waals surface area contributed by atoms with Crippen LogP contribution in [0.15, 0.2) is 46.9 Å². The van der Waals surface area contributed by atoms with Crippen molar-refractivity contribution in [3.63, 3.8) is 0 Å². The van der Waals surface area contributed by atoms with Crippen LogP contribution in [0, 0.1) is 11.6 Å². The van der Waals surface area contributed by atoms with E-state index in [0.717, 1.165) is 28.4 Å². The second-order valence-electron chi connectivity index (χ2n) is 3.71. The minimum absolute atomic E-state index is 0.00499. The van der Waals surface area contributed by atoms with Crippen LogP contribution >= 0.6 is 28.1 Å². The summed E-state index contributed by atoms with van der Waals surface area (Å²) < 4.78 is 27.3. The van der Waals surface area contributed by atoms with E-state index in [1.54, 1.807) is 12.1 Å². The molecule has 0 aromatic heterocycles. The van der Waals surface area contributed by atoms with Crippen molar-refractivity contribution >= 4 is 44.6 Å². The van der Waals surface area contributed by atoms with Crippen LogP contribution in [-0.4, -0.2) is 5.11 Å². The lowest BCUT2D eigenvalue weighted by Gasteiger charge is -2.11. The predicted molar refractivity (Wildman–Crippen MR) is 80.3 cm³/mol. The molecule has 98 valence electrons. The first-order chi connectivity index (χ1) is 9.04. The van der Waals surface area contributed by atoms with Crippen LogP contribution in [0.3, 0.4) is 0 Å². The van der Waals surface area contributed by atoms with Gasteiger partial charge in [-0.15, -0.1) is 0 Å². The van der Waals surface area contributed by atoms with Gasteiger partial charge in [-0.2, -0.15) is 0 Å². The zero-order valence-corrected chi connectivity index (χ0v) is 12.0. The van der Waals surface area contributed by atoms with Gasteiger partial charge >= 0.3 is 0 Å². The van der Waals surface area contributed by atoms with E-state index < -0.39 is 11.6 Å². The molecular formula is C13H9BrF2N2S. The summed E-state index contributed by atoms with van der Waals surface area (Å²) in [6.45, 7) is 0. The second kappa shape index (κ2) is 6.08. The molecule has 0 spiro atoms. The van der Waals surface area contributed by atoms with Gasteiger partial charge in [0, 0.05) is 16.2 Å². The lowest BCUT2D eigenvalue weighted by Crippen LogP contribution is -2.19. The van der Waals surface area contributed by atoms with Gasteiger partial charge in [-0.3, -0.25) is 0 Å². The van der Waals surface area contributed by atoms with E-state index in [1.807, 2.05) is 12.1 Å². The Hall–Kier alpha value is -1.53. The number of benzene rings is 2. The van der Waals surface area contributed by atoms with Crippen molar-refractivity contribution in [3.05, 3.63) is 58.6 Å². The highest BCUT2D eigenvalue weighted by atomic mass is 79.9. The molecule has 2 aromatic rings. The smallest absolute Gasteiger partial charge is 0.175 e. The fraction of sp³-hybridized carbons (Fsp3) is 0. The standard InChI is InChI=1S/C13H9BrF2N2S/c14-8-1-4-10(5-2-8)17-13(19)18-12-7-9(15)3-6-11(12)16/h1-7H,(H2,17,18,19). The average Bonchev–Trinajstić information content (AvgIpc) is 2.37. The molecule has 2 nitrogen and oxygen atoms in total. The summed E-state index contributed by atoms with van der Waals surface area (Å²) in [6.07, 6.45) is 0. The van der Waals surface area contributed by atoms with Crippen LogP contribution in [-0.2, 0) is 0 Å². The molecule has 19 heavy (non-hydrogen) atoms. The van der Waals surface area contributed by atoms with Gasteiger partial charge < -0.3 is 10.6 Å². The van der Waals surface area contributed by atoms with E-state index in [1.165, 1.54) is 0 Å². The van der Waals surface area contributed by atoms with Crippen molar-refractivity contribution in [2.24, 2.45) is 0 Å². The molecular weight excluding hydrogens is 334 g/mol. The van der Waals surface area contributed by atoms with E-state index in [4.69, 9.17) is 12.2 Å². The molecule has 2 N–H and O–H groups in total. The van der Waals surface area contributed by atoms with Crippen LogP contribution in [0.4, 0.5) is 20.2 Å². The summed E-state index contributed by atoms with van der Waals surface area (Å²) in [5, 5.41) is 5.67. The predicted octanol–water partition coefficient (Wildman–Crippen LogP) is 4.54. The van der Waals surface area contributed by atoms with Crippen LogP contribution < -0.4 is 10.6 Å². The van der Waals surface area contributed by atoms with Gasteiger partial charge in [0.15, 0.2) is 5.11 Å². The minimum Gasteiger partial charge on any atom is -0.332 e. The van der Waals surface area contributed by atoms with Gasteiger partial charge in [0.25, 0.3) is 0 Å². The zero-order chi connectivity index (χ0) is 13.8. The fourth-order valence-corrected chi connectivity index (χ4v) is 1.90. The maximum absolute atomic E-state index is 13.4. The molecule has 0 radical (unpaired) electrons. The van der Waals surface area contributed by atoms with Crippen LogP contribution in [0.25, 0.3) is 0 Å². The summed E-state index contributed by atoms with van der Waals surface area (Å²) in [6, 6.07) is 10.4. The lowest BCUT2D eigenvalue weighted by atomic mass is 10.3. The monoisotopic (exact) mass is 342 g/mol. The van der Waals surface area contributed by atoms with E-state index in [9.17, 15) is 8.78 Å². The summed E-state index contributed by atoms with van der Waals surface area (Å²) in [4.78, 5) is 0. The molecule has 0 unspecified atom stereocenters. The van der Waals surface area contributed by atoms with Crippen molar-refractivity contribution < 1.29 is 8.78 Å². The molecule has 6 heteroatoms. The summed E-state index contributed by atoms with van der Waals surface area (Å²) in [7, 11) is 0. The van der Waals surface area contributed by atoms with Gasteiger partial charge in [0.05, 0.1) is 5.69 Å². The van der Waals surface area contributed by atoms with Gasteiger partial charge in [-0.05, 0) is 48.6 Å². The number of hydrogen-bond acceptors (Lipinski definition) is 1. The molecule has 0 saturated heterocycles. The van der Waals surface area contributed by atoms with Gasteiger partial charge in [0.2, 0.25) is 0 Å². The number of rotatable bonds is 2. The highest BCUT2D eigenvalue weighted by Crippen LogP contribution is 2.17. The first-order valence-corrected chi connectivity index (χ1v) is 6.53. The maximum Gasteiger partial charge on any atom is 0.175 e. The number of anilines is 2. The van der Waals surface area contributed by atoms with Crippen LogP contribution in [0.1, 0.15) is 0 Å². The Bertz CT molecular complexity index is 602. The van der Waals surface area contributed by atoms with Crippen LogP contribution in [0.2, 0.25) is 0 Å². The normalized spacial score (nSPS) is 10.1. The molecule has 0 fully saturated rings. The fourth-order valence-electron chi connectivity index (χ4n) is 1.41. The zero-order valence-electron chi connectivity index (χ0n) is 9.58. The minimum atomic E-state index is -0.568. The highest BCUT2D eigenvalue weighted by Gasteiger charge is 2.05. The van der Waals surface area contributed by atoms with Crippen molar-refractivity contribution in [3.8, 4) is 0 Å². The van der Waals surface area contributed by atoms with Gasteiger partial charge in [-0.25, -0.2) is 8.78 Å². The molecule has 0 aliphatic rings. The van der Waals surface area contributed by atoms with Crippen molar-refractivity contribution in [2.45, 2.75) is 0 Å². The summed E-state index contributed by atoms with van der Waals surface area (Å²) in [5.41, 5.74) is 0.743. The second-order valence-corrected chi connectivity index (χ2v) is 5.03. The van der Waals surface area contributed by atoms with E-state index in [2.05, 4.69) is 26.6 Å². The van der Waals surface area contributed by atoms with E-state index >= 15 is 0 Å². The molecule has 0 heterocycles. The van der Waals surface area contributed by atoms with Crippen molar-refractivity contribution in [1.29, 1.82) is 0 Å². The largest absolute Gasteiger partial charge is 0.332 e. The molecule has 0 bridgehead atoms. The van der Waals surface area contributed by atoms with E-state index in [-0.39, 0.29) is 10.8 Å². The first-order valence-electron chi connectivity index (χ1n) is 5.33. The Kier molecular flexibility index (Phi) is 4.44. The lowest BCUT2D eigenvalue weighted by molar-refractivity contribution is 0.604. The molecule has 0 atom stereocenters. The van der Waals surface area contributed by atoms with E-state index in [0.29, 0.717) is 0 Å². The molecule has 2 rings (SSSR count). The van der Waals surface area contributed by atoms with Crippen LogP contribution in [0.5, 0.6) is 0 Å². The SMILES string of the molecule is Fc1ccc(F)c(NC(=S)Nc2ccc(Br)cc2)c1. The topological polar surface area (TPSA) is 24.1 Å². The molecule has 0 amide bonds. The number of thiocarbonyl (C=S) groups is 1. The molecule has 0 saturated carbocycles. The Morgan fingerprint density at radius 1 is 1.00 bits per heavy atom. The third kappa shape index (κ3) is 3.97. The molecule has 0 aliphatic heterocycles. The molecule has 2 aromatic carbocycles. The maximum atomic E-state index is 13.4. The highest BCUT2D eigenvalue weighted by molar-refractivity contribution is 9.10. The number of halogens is 3. The summed E-state index contributed by atoms with van der Waals surface area (Å²) in [5.74, 6) is -1.10. The Balaban J connectivity index is 2.05. The number of nitrogens with one attached hydrogen (secondary N) is 2. The van der Waals surface area contributed by atoms with Crippen molar-refractivity contribution in [2.75, 3.05) is 10.6 Å². The Morgan fingerprint density at radius 3 is 2.37 bits per heavy atom. The first kappa shape index (κ1) is 13.9. The number of hydrogen-bond donors (Lipinski definition) is 2. The Labute approximate surface area is 123 Å². The Morgan fingerprint density at radius 2 is 1.68 bits per heavy atom. The quantitative estimate of drug-likeness (QED) is 0.783.